The number of nitrogens with two attached hydrogens (primary N) is 1. The second-order valence-corrected chi connectivity index (χ2v) is 3.98. The zero-order valence-electron chi connectivity index (χ0n) is 9.32. The molecule has 5 nitrogen and oxygen atoms in total. The van der Waals surface area contributed by atoms with Crippen LogP contribution in [-0.2, 0) is 9.53 Å². The zero-order valence-corrected chi connectivity index (χ0v) is 9.32. The lowest BCUT2D eigenvalue weighted by Crippen LogP contribution is -2.48. The topological polar surface area (TPSA) is 79.4 Å². The number of carbonyl (C=O) groups excluding carboxylic acids is 1. The lowest BCUT2D eigenvalue weighted by Gasteiger charge is -2.36. The minimum atomic E-state index is -0.187. The highest BCUT2D eigenvalue weighted by atomic mass is 16.5. The summed E-state index contributed by atoms with van der Waals surface area (Å²) in [7, 11) is 3.16. The van der Waals surface area contributed by atoms with E-state index in [1.54, 1.807) is 11.9 Å². The van der Waals surface area contributed by atoms with Gasteiger partial charge in [-0.2, -0.15) is 0 Å². The Morgan fingerprint density at radius 2 is 2.07 bits per heavy atom. The molecule has 15 heavy (non-hydrogen) atoms. The molecule has 5 heteroatoms. The first-order valence-corrected chi connectivity index (χ1v) is 5.22. The third-order valence-corrected chi connectivity index (χ3v) is 3.11. The van der Waals surface area contributed by atoms with Crippen LogP contribution in [0.15, 0.2) is 0 Å². The van der Waals surface area contributed by atoms with Crippen LogP contribution in [-0.4, -0.2) is 37.0 Å². The summed E-state index contributed by atoms with van der Waals surface area (Å²) >= 11 is 0. The summed E-state index contributed by atoms with van der Waals surface area (Å²) in [6.07, 6.45) is 3.85. The Hall–Kier alpha value is -1.26. The number of rotatable bonds is 2. The molecule has 0 saturated heterocycles. The molecule has 0 aliphatic heterocycles. The molecule has 1 aliphatic carbocycles. The molecule has 0 radical (unpaired) electrons. The molecule has 1 aliphatic rings. The van der Waals surface area contributed by atoms with Crippen molar-refractivity contribution >= 4 is 11.9 Å². The van der Waals surface area contributed by atoms with E-state index >= 15 is 0 Å². The van der Waals surface area contributed by atoms with Crippen LogP contribution in [0.2, 0.25) is 0 Å². The van der Waals surface area contributed by atoms with Gasteiger partial charge in [0.1, 0.15) is 0 Å². The van der Waals surface area contributed by atoms with Crippen molar-refractivity contribution in [3.8, 4) is 0 Å². The number of nitrogens with zero attached hydrogens (tertiary/aromatic N) is 1. The first-order valence-electron chi connectivity index (χ1n) is 5.22. The molecule has 0 aromatic heterocycles. The van der Waals surface area contributed by atoms with Gasteiger partial charge in [0.05, 0.1) is 13.0 Å². The van der Waals surface area contributed by atoms with Gasteiger partial charge in [-0.15, -0.1) is 0 Å². The highest BCUT2D eigenvalue weighted by Gasteiger charge is 2.34. The Balaban J connectivity index is 2.73. The average Bonchev–Trinajstić information content (AvgIpc) is 2.27. The van der Waals surface area contributed by atoms with Crippen LogP contribution in [0.3, 0.4) is 0 Å². The molecule has 2 atom stereocenters. The fourth-order valence-electron chi connectivity index (χ4n) is 2.18. The number of hydrogen-bond acceptors (Lipinski definition) is 3. The minimum Gasteiger partial charge on any atom is -0.469 e. The van der Waals surface area contributed by atoms with Crippen LogP contribution < -0.4 is 5.73 Å². The van der Waals surface area contributed by atoms with Gasteiger partial charge in [0.15, 0.2) is 5.96 Å². The molecule has 0 spiro atoms. The van der Waals surface area contributed by atoms with Crippen LogP contribution in [0, 0.1) is 11.3 Å². The monoisotopic (exact) mass is 213 g/mol. The van der Waals surface area contributed by atoms with E-state index < -0.39 is 0 Å². The predicted molar refractivity (Wildman–Crippen MR) is 57.4 cm³/mol. The largest absolute Gasteiger partial charge is 0.469 e. The summed E-state index contributed by atoms with van der Waals surface area (Å²) < 4.78 is 4.77. The molecule has 0 aromatic rings. The number of nitrogens with one attached hydrogen (secondary N) is 1. The van der Waals surface area contributed by atoms with Crippen molar-refractivity contribution in [1.82, 2.24) is 4.90 Å². The Bertz CT molecular complexity index is 255. The lowest BCUT2D eigenvalue weighted by atomic mass is 9.84. The molecule has 0 aromatic carbocycles. The van der Waals surface area contributed by atoms with Gasteiger partial charge >= 0.3 is 5.97 Å². The first kappa shape index (κ1) is 11.8. The van der Waals surface area contributed by atoms with Gasteiger partial charge in [0, 0.05) is 13.1 Å². The normalized spacial score (nSPS) is 25.7. The Morgan fingerprint density at radius 1 is 1.47 bits per heavy atom. The maximum absolute atomic E-state index is 11.5. The molecule has 0 bridgehead atoms. The minimum absolute atomic E-state index is 0.0100. The highest BCUT2D eigenvalue weighted by molar-refractivity contribution is 5.77. The summed E-state index contributed by atoms with van der Waals surface area (Å²) in [5.74, 6) is -0.318. The second kappa shape index (κ2) is 5.00. The van der Waals surface area contributed by atoms with Gasteiger partial charge in [-0.05, 0) is 12.8 Å². The molecule has 3 N–H and O–H groups in total. The van der Waals surface area contributed by atoms with Crippen molar-refractivity contribution < 1.29 is 9.53 Å². The van der Waals surface area contributed by atoms with Gasteiger partial charge in [-0.1, -0.05) is 12.8 Å². The van der Waals surface area contributed by atoms with Gasteiger partial charge in [0.2, 0.25) is 0 Å². The number of carbonyl (C=O) groups is 1. The van der Waals surface area contributed by atoms with Gasteiger partial charge in [-0.3, -0.25) is 10.2 Å². The molecular weight excluding hydrogens is 194 g/mol. The zero-order chi connectivity index (χ0) is 11.4. The Labute approximate surface area is 90.1 Å². The molecular formula is C10H19N3O2. The molecule has 1 fully saturated rings. The smallest absolute Gasteiger partial charge is 0.310 e. The molecule has 1 rings (SSSR count). The van der Waals surface area contributed by atoms with E-state index in [-0.39, 0.29) is 23.9 Å². The summed E-state index contributed by atoms with van der Waals surface area (Å²) in [5.41, 5.74) is 5.43. The molecule has 1 saturated carbocycles. The van der Waals surface area contributed by atoms with E-state index in [9.17, 15) is 4.79 Å². The second-order valence-electron chi connectivity index (χ2n) is 3.98. The highest BCUT2D eigenvalue weighted by Crippen LogP contribution is 2.28. The van der Waals surface area contributed by atoms with Crippen molar-refractivity contribution in [1.29, 1.82) is 5.41 Å². The molecule has 86 valence electrons. The molecule has 0 heterocycles. The van der Waals surface area contributed by atoms with Gasteiger partial charge in [0.25, 0.3) is 0 Å². The SMILES string of the molecule is COC(=O)C1CCCCC1N(C)C(=N)N. The van der Waals surface area contributed by atoms with Crippen LogP contribution >= 0.6 is 0 Å². The van der Waals surface area contributed by atoms with Crippen molar-refractivity contribution in [3.63, 3.8) is 0 Å². The first-order chi connectivity index (χ1) is 7.07. The number of ether oxygens (including phenoxy) is 1. The third-order valence-electron chi connectivity index (χ3n) is 3.11. The number of guanidine groups is 1. The average molecular weight is 213 g/mol. The summed E-state index contributed by atoms with van der Waals surface area (Å²) in [4.78, 5) is 13.2. The maximum atomic E-state index is 11.5. The maximum Gasteiger partial charge on any atom is 0.310 e. The molecule has 0 amide bonds. The quantitative estimate of drug-likeness (QED) is 0.398. The fraction of sp³-hybridized carbons (Fsp3) is 0.800. The third kappa shape index (κ3) is 2.61. The number of esters is 1. The summed E-state index contributed by atoms with van der Waals surface area (Å²) in [5, 5.41) is 7.38. The van der Waals surface area contributed by atoms with E-state index in [4.69, 9.17) is 15.9 Å². The van der Waals surface area contributed by atoms with E-state index in [0.717, 1.165) is 25.7 Å². The molecule has 2 unspecified atom stereocenters. The fourth-order valence-corrected chi connectivity index (χ4v) is 2.18. The summed E-state index contributed by atoms with van der Waals surface area (Å²) in [6, 6.07) is 0.0173. The van der Waals surface area contributed by atoms with Crippen LogP contribution in [0.5, 0.6) is 0 Å². The van der Waals surface area contributed by atoms with Gasteiger partial charge < -0.3 is 15.4 Å². The van der Waals surface area contributed by atoms with Crippen LogP contribution in [0.25, 0.3) is 0 Å². The van der Waals surface area contributed by atoms with Crippen molar-refractivity contribution in [2.24, 2.45) is 11.7 Å². The van der Waals surface area contributed by atoms with Crippen molar-refractivity contribution in [2.75, 3.05) is 14.2 Å². The summed E-state index contributed by atoms with van der Waals surface area (Å²) in [6.45, 7) is 0. The number of hydrogen-bond donors (Lipinski definition) is 2. The Morgan fingerprint density at radius 3 is 2.60 bits per heavy atom. The van der Waals surface area contributed by atoms with E-state index in [2.05, 4.69) is 0 Å². The van der Waals surface area contributed by atoms with Crippen LogP contribution in [0.4, 0.5) is 0 Å². The number of methoxy groups -OCH3 is 1. The van der Waals surface area contributed by atoms with E-state index in [1.807, 2.05) is 0 Å². The standard InChI is InChI=1S/C10H19N3O2/c1-13(10(11)12)8-6-4-3-5-7(8)9(14)15-2/h7-8H,3-6H2,1-2H3,(H3,11,12). The van der Waals surface area contributed by atoms with E-state index in [1.165, 1.54) is 7.11 Å². The lowest BCUT2D eigenvalue weighted by molar-refractivity contribution is -0.148. The van der Waals surface area contributed by atoms with Gasteiger partial charge in [-0.25, -0.2) is 0 Å². The van der Waals surface area contributed by atoms with Crippen LogP contribution in [0.1, 0.15) is 25.7 Å². The van der Waals surface area contributed by atoms with E-state index in [0.29, 0.717) is 0 Å². The predicted octanol–water partition coefficient (Wildman–Crippen LogP) is 0.543. The van der Waals surface area contributed by atoms with Crippen molar-refractivity contribution in [2.45, 2.75) is 31.7 Å². The Kier molecular flexibility index (Phi) is 3.94. The van der Waals surface area contributed by atoms with Crippen molar-refractivity contribution in [3.05, 3.63) is 0 Å².